The van der Waals surface area contributed by atoms with Gasteiger partial charge in [-0.05, 0) is 48.9 Å². The molecule has 0 aliphatic rings. The van der Waals surface area contributed by atoms with Crippen molar-refractivity contribution in [3.63, 3.8) is 0 Å². The van der Waals surface area contributed by atoms with Crippen molar-refractivity contribution in [1.82, 2.24) is 4.57 Å². The molecule has 0 unspecified atom stereocenters. The molecule has 0 amide bonds. The molecule has 0 atom stereocenters. The lowest BCUT2D eigenvalue weighted by molar-refractivity contribution is -0.00000658. The van der Waals surface area contributed by atoms with Crippen LogP contribution in [0.3, 0.4) is 0 Å². The average molecular weight is 455 g/mol. The van der Waals surface area contributed by atoms with Gasteiger partial charge in [0.2, 0.25) is 0 Å². The Morgan fingerprint density at radius 2 is 1.81 bits per heavy atom. The maximum atomic E-state index is 9.44. The molecule has 0 fully saturated rings. The molecule has 4 nitrogen and oxygen atoms in total. The number of rotatable bonds is 6. The first kappa shape index (κ1) is 20.7. The Balaban J connectivity index is 0.00000243. The van der Waals surface area contributed by atoms with Crippen LogP contribution in [0.4, 0.5) is 5.69 Å². The van der Waals surface area contributed by atoms with Crippen molar-refractivity contribution in [2.24, 2.45) is 4.99 Å². The summed E-state index contributed by atoms with van der Waals surface area (Å²) < 4.78 is 7.48. The highest BCUT2D eigenvalue weighted by Crippen LogP contribution is 2.23. The Hall–Kier alpha value is -1.60. The second kappa shape index (κ2) is 9.92. The number of aliphatic hydroxyl groups is 1. The molecule has 0 spiro atoms. The van der Waals surface area contributed by atoms with E-state index >= 15 is 0 Å². The zero-order chi connectivity index (χ0) is 17.6. The van der Waals surface area contributed by atoms with E-state index in [4.69, 9.17) is 21.3 Å². The molecule has 0 bridgehead atoms. The zero-order valence-electron chi connectivity index (χ0n) is 14.2. The smallest absolute Gasteiger partial charge is 0.190 e. The first-order valence-corrected chi connectivity index (χ1v) is 9.29. The second-order valence-corrected chi connectivity index (χ2v) is 6.60. The van der Waals surface area contributed by atoms with Crippen LogP contribution in [-0.2, 0) is 6.54 Å². The van der Waals surface area contributed by atoms with Crippen molar-refractivity contribution in [3.05, 3.63) is 63.7 Å². The molecule has 7 heteroatoms. The van der Waals surface area contributed by atoms with Gasteiger partial charge in [-0.1, -0.05) is 23.7 Å². The standard InChI is InChI=1S/C19H19ClN2O2S.BrH/c1-2-24-17-9-7-16(8-10-17)21-19-22(11-12-23)18(13-25-19)14-3-5-15(20)6-4-14;/h3-10,13,23H,2,11-12H2,1H3;1H/p-1. The van der Waals surface area contributed by atoms with E-state index in [0.717, 1.165) is 27.5 Å². The minimum absolute atomic E-state index is 0. The number of hydrogen-bond donors (Lipinski definition) is 1. The van der Waals surface area contributed by atoms with Gasteiger partial charge in [-0.15, -0.1) is 11.3 Å². The lowest BCUT2D eigenvalue weighted by Crippen LogP contribution is -3.00. The van der Waals surface area contributed by atoms with Gasteiger partial charge < -0.3 is 31.4 Å². The largest absolute Gasteiger partial charge is 1.00 e. The van der Waals surface area contributed by atoms with E-state index in [-0.39, 0.29) is 23.6 Å². The topological polar surface area (TPSA) is 46.8 Å². The van der Waals surface area contributed by atoms with Crippen LogP contribution in [0.1, 0.15) is 6.92 Å². The molecule has 1 N–H and O–H groups in total. The molecule has 138 valence electrons. The van der Waals surface area contributed by atoms with Crippen molar-refractivity contribution in [1.29, 1.82) is 0 Å². The van der Waals surface area contributed by atoms with E-state index in [1.807, 2.05) is 65.4 Å². The molecule has 0 saturated carbocycles. The quantitative estimate of drug-likeness (QED) is 0.614. The number of nitrogens with zero attached hydrogens (tertiary/aromatic N) is 2. The maximum absolute atomic E-state index is 9.44. The van der Waals surface area contributed by atoms with Gasteiger partial charge in [0, 0.05) is 16.9 Å². The predicted octanol–water partition coefficient (Wildman–Crippen LogP) is 1.50. The normalized spacial score (nSPS) is 11.3. The van der Waals surface area contributed by atoms with Crippen LogP contribution in [-0.4, -0.2) is 22.9 Å². The summed E-state index contributed by atoms with van der Waals surface area (Å²) in [5.74, 6) is 0.831. The summed E-state index contributed by atoms with van der Waals surface area (Å²) in [5, 5.41) is 12.2. The van der Waals surface area contributed by atoms with Gasteiger partial charge in [0.25, 0.3) is 0 Å². The Morgan fingerprint density at radius 3 is 2.42 bits per heavy atom. The highest BCUT2D eigenvalue weighted by Gasteiger charge is 2.08. The van der Waals surface area contributed by atoms with Crippen LogP contribution >= 0.6 is 22.9 Å². The molecule has 0 aliphatic carbocycles. The number of hydrogen-bond acceptors (Lipinski definition) is 4. The molecule has 2 aromatic carbocycles. The number of aromatic nitrogens is 1. The van der Waals surface area contributed by atoms with Gasteiger partial charge in [0.15, 0.2) is 4.80 Å². The van der Waals surface area contributed by atoms with Crippen molar-refractivity contribution in [2.75, 3.05) is 13.2 Å². The monoisotopic (exact) mass is 453 g/mol. The minimum Gasteiger partial charge on any atom is -1.00 e. The van der Waals surface area contributed by atoms with Crippen molar-refractivity contribution >= 4 is 28.6 Å². The highest BCUT2D eigenvalue weighted by molar-refractivity contribution is 7.07. The first-order chi connectivity index (χ1) is 12.2. The summed E-state index contributed by atoms with van der Waals surface area (Å²) in [6, 6.07) is 15.3. The summed E-state index contributed by atoms with van der Waals surface area (Å²) in [6.45, 7) is 3.13. The van der Waals surface area contributed by atoms with Gasteiger partial charge in [0.05, 0.1) is 24.6 Å². The Morgan fingerprint density at radius 1 is 1.12 bits per heavy atom. The molecule has 26 heavy (non-hydrogen) atoms. The van der Waals surface area contributed by atoms with Crippen molar-refractivity contribution < 1.29 is 26.8 Å². The molecular formula is C19H19BrClN2O2S-. The lowest BCUT2D eigenvalue weighted by atomic mass is 10.2. The van der Waals surface area contributed by atoms with E-state index in [1.54, 1.807) is 11.3 Å². The SMILES string of the molecule is CCOc1ccc(N=c2scc(-c3ccc(Cl)cc3)n2CCO)cc1.[Br-]. The van der Waals surface area contributed by atoms with Crippen LogP contribution in [0.5, 0.6) is 5.75 Å². The zero-order valence-corrected chi connectivity index (χ0v) is 17.4. The average Bonchev–Trinajstić information content (AvgIpc) is 3.01. The summed E-state index contributed by atoms with van der Waals surface area (Å²) in [4.78, 5) is 5.55. The number of ether oxygens (including phenoxy) is 1. The predicted molar refractivity (Wildman–Crippen MR) is 103 cm³/mol. The van der Waals surface area contributed by atoms with E-state index in [2.05, 4.69) is 0 Å². The fourth-order valence-corrected chi connectivity index (χ4v) is 3.56. The third-order valence-electron chi connectivity index (χ3n) is 3.63. The first-order valence-electron chi connectivity index (χ1n) is 8.04. The summed E-state index contributed by atoms with van der Waals surface area (Å²) in [7, 11) is 0. The number of benzene rings is 2. The summed E-state index contributed by atoms with van der Waals surface area (Å²) in [5.41, 5.74) is 2.90. The lowest BCUT2D eigenvalue weighted by Gasteiger charge is -2.07. The number of halogens is 2. The molecule has 1 aromatic heterocycles. The van der Waals surface area contributed by atoms with Crippen LogP contribution in [0, 0.1) is 0 Å². The summed E-state index contributed by atoms with van der Waals surface area (Å²) >= 11 is 7.52. The van der Waals surface area contributed by atoms with Gasteiger partial charge in [-0.2, -0.15) is 0 Å². The Kier molecular flexibility index (Phi) is 7.90. The molecular weight excluding hydrogens is 436 g/mol. The Labute approximate surface area is 172 Å². The molecule has 0 aliphatic heterocycles. The fourth-order valence-electron chi connectivity index (χ4n) is 2.48. The Bertz CT molecular complexity index is 889. The van der Waals surface area contributed by atoms with E-state index < -0.39 is 0 Å². The molecule has 1 heterocycles. The van der Waals surface area contributed by atoms with Crippen LogP contribution in [0.15, 0.2) is 58.9 Å². The molecule has 0 saturated heterocycles. The van der Waals surface area contributed by atoms with Crippen molar-refractivity contribution in [3.8, 4) is 17.0 Å². The highest BCUT2D eigenvalue weighted by atomic mass is 79.9. The molecule has 3 aromatic rings. The van der Waals surface area contributed by atoms with Gasteiger partial charge >= 0.3 is 0 Å². The van der Waals surface area contributed by atoms with Gasteiger partial charge in [-0.3, -0.25) is 0 Å². The van der Waals surface area contributed by atoms with Crippen LogP contribution < -0.4 is 26.5 Å². The van der Waals surface area contributed by atoms with Gasteiger partial charge in [0.1, 0.15) is 5.75 Å². The maximum Gasteiger partial charge on any atom is 0.190 e. The third-order valence-corrected chi connectivity index (χ3v) is 4.75. The van der Waals surface area contributed by atoms with Gasteiger partial charge in [-0.25, -0.2) is 4.99 Å². The van der Waals surface area contributed by atoms with E-state index in [9.17, 15) is 5.11 Å². The molecule has 0 radical (unpaired) electrons. The number of aliphatic hydroxyl groups excluding tert-OH is 1. The second-order valence-electron chi connectivity index (χ2n) is 5.32. The summed E-state index contributed by atoms with van der Waals surface area (Å²) in [6.07, 6.45) is 0. The van der Waals surface area contributed by atoms with Crippen molar-refractivity contribution in [2.45, 2.75) is 13.5 Å². The fraction of sp³-hybridized carbons (Fsp3) is 0.211. The van der Waals surface area contributed by atoms with Crippen LogP contribution in [0.25, 0.3) is 11.3 Å². The molecule has 3 rings (SSSR count). The van der Waals surface area contributed by atoms with E-state index in [0.29, 0.717) is 18.2 Å². The van der Waals surface area contributed by atoms with E-state index in [1.165, 1.54) is 0 Å². The third kappa shape index (κ3) is 4.98. The van der Waals surface area contributed by atoms with Crippen LogP contribution in [0.2, 0.25) is 5.02 Å². The minimum atomic E-state index is 0. The number of thiazole rings is 1.